The first kappa shape index (κ1) is 90.3. The third-order valence-electron chi connectivity index (χ3n) is 27.4. The summed E-state index contributed by atoms with van der Waals surface area (Å²) in [7, 11) is 0. The van der Waals surface area contributed by atoms with Gasteiger partial charge in [-0.1, -0.05) is 362 Å². The zero-order chi connectivity index (χ0) is 96.9. The Bertz CT molecular complexity index is 6450. The molecule has 680 valence electrons. The number of hydrogen-bond donors (Lipinski definition) is 0. The predicted molar refractivity (Wildman–Crippen MR) is 579 cm³/mol. The van der Waals surface area contributed by atoms with Crippen LogP contribution in [-0.2, 0) is 64.5 Å². The molecular weight excluding hydrogens is 1590 g/mol. The number of nitrogens with zero attached hydrogens (tertiary/aromatic N) is 4. The largest absolute Gasteiger partial charge is 0.310 e. The van der Waals surface area contributed by atoms with Crippen molar-refractivity contribution in [2.24, 2.45) is 27.1 Å². The normalized spacial score (nSPS) is 14.2. The molecule has 0 spiro atoms. The molecule has 0 saturated heterocycles. The summed E-state index contributed by atoms with van der Waals surface area (Å²) in [5.41, 5.74) is 36.2. The summed E-state index contributed by atoms with van der Waals surface area (Å²) in [5, 5.41) is 4.99. The summed E-state index contributed by atoms with van der Waals surface area (Å²) in [5.74, 6) is 0. The molecule has 2 aliphatic rings. The molecule has 4 nitrogen and oxygen atoms in total. The highest BCUT2D eigenvalue weighted by Crippen LogP contribution is 2.57. The van der Waals surface area contributed by atoms with Gasteiger partial charge in [0.05, 0.1) is 33.4 Å². The molecule has 0 fully saturated rings. The number of anilines is 6. The van der Waals surface area contributed by atoms with Crippen LogP contribution in [0.3, 0.4) is 0 Å². The Morgan fingerprint density at radius 3 is 0.727 bits per heavy atom. The first-order valence-electron chi connectivity index (χ1n) is 50.1. The van der Waals surface area contributed by atoms with E-state index in [9.17, 15) is 2.74 Å². The van der Waals surface area contributed by atoms with Crippen molar-refractivity contribution >= 4 is 101 Å². The van der Waals surface area contributed by atoms with E-state index in [0.29, 0.717) is 5.56 Å². The van der Waals surface area contributed by atoms with Crippen molar-refractivity contribution in [1.29, 1.82) is 0 Å². The van der Waals surface area contributed by atoms with Crippen LogP contribution >= 0.6 is 0 Å². The minimum Gasteiger partial charge on any atom is -0.310 e. The third-order valence-corrected chi connectivity index (χ3v) is 27.4. The quantitative estimate of drug-likeness (QED) is 0.107. The van der Waals surface area contributed by atoms with E-state index in [1.807, 2.05) is 0 Å². The first-order valence-corrected chi connectivity index (χ1v) is 49.1. The van der Waals surface area contributed by atoms with Crippen molar-refractivity contribution < 1.29 is 2.74 Å². The number of hydrogen-bond acceptors (Lipinski definition) is 2. The van der Waals surface area contributed by atoms with Crippen LogP contribution in [0.2, 0.25) is 0 Å². The zero-order valence-corrected chi connectivity index (χ0v) is 86.3. The summed E-state index contributed by atoms with van der Waals surface area (Å²) in [6.07, 6.45) is 1.80. The number of aromatic nitrogens is 2. The van der Waals surface area contributed by atoms with Crippen molar-refractivity contribution in [3.63, 3.8) is 0 Å². The molecule has 0 aliphatic carbocycles. The van der Waals surface area contributed by atoms with Crippen LogP contribution in [0.25, 0.3) is 99.5 Å². The molecular formula is C127H149BN4. The zero-order valence-electron chi connectivity index (χ0n) is 88.3. The summed E-state index contributed by atoms with van der Waals surface area (Å²) in [6, 6.07) is 96.9. The van der Waals surface area contributed by atoms with E-state index < -0.39 is 18.5 Å². The second-order valence-corrected chi connectivity index (χ2v) is 51.6. The Morgan fingerprint density at radius 1 is 0.235 bits per heavy atom. The molecule has 15 aromatic rings. The number of benzene rings is 13. The van der Waals surface area contributed by atoms with Gasteiger partial charge in [-0.15, -0.1) is 0 Å². The maximum absolute atomic E-state index is 11.4. The Hall–Kier alpha value is -10.9. The summed E-state index contributed by atoms with van der Waals surface area (Å²) < 4.78 is 27.9. The van der Waals surface area contributed by atoms with Crippen LogP contribution in [0.1, 0.15) is 292 Å². The molecule has 132 heavy (non-hydrogen) atoms. The smallest absolute Gasteiger partial charge is 0.252 e. The molecule has 0 unspecified atom stereocenters. The van der Waals surface area contributed by atoms with Crippen molar-refractivity contribution in [2.45, 2.75) is 293 Å². The minimum atomic E-state index is -1.95. The Kier molecular flexibility index (Phi) is 22.2. The van der Waals surface area contributed by atoms with E-state index in [4.69, 9.17) is 0 Å². The molecule has 5 heteroatoms. The lowest BCUT2D eigenvalue weighted by atomic mass is 9.33. The van der Waals surface area contributed by atoms with E-state index in [1.54, 1.807) is 0 Å². The maximum atomic E-state index is 11.4. The van der Waals surface area contributed by atoms with Crippen LogP contribution in [0.5, 0.6) is 0 Å². The summed E-state index contributed by atoms with van der Waals surface area (Å²) in [4.78, 5) is 5.39. The monoisotopic (exact) mass is 1740 g/mol. The standard InChI is InChI=1S/C127H149BN4/c1-117(2,3)74-79-46-54-106-100(58-79)101-59-80(75-118(4,5)6)47-55-107(101)129(106)94-50-52-104-110(72-94)131(115-96(84-38-34-42-88(64-84)122(16,17)18)68-92(126(28,29)30)69-97(115)85-39-35-43-89(65-85)123(19,20)21)112-62-83(78-121(13,14)15)63-113-114(112)128(104)105-53-51-95(130-108-56-48-81(76-119(7,8)9)60-102(108)103-61-82(49-57-109(103)130)77-120(10,11)12)73-111(105)132(113)116-98(86-40-36-44-90(66-86)124(22,23)24)70-93(127(31,32)33)71-99(116)87-41-37-45-91(67-87)125(25,26)27/h34-73H,74-78H2,1-33H3/i78D2. The minimum absolute atomic E-state index is 0.0599. The van der Waals surface area contributed by atoms with Crippen molar-refractivity contribution in [2.75, 3.05) is 9.80 Å². The van der Waals surface area contributed by atoms with Gasteiger partial charge in [-0.3, -0.25) is 0 Å². The van der Waals surface area contributed by atoms with Gasteiger partial charge in [-0.05, 0) is 301 Å². The SMILES string of the molecule is [2H]C([2H])(c1cc2c3c(c1)N(c1c(-c4cccc(C(C)(C)C)c4)cc(C(C)(C)C)cc1-c1cccc(C(C)(C)C)c1)c1cc(-n4c5ccc(CC(C)(C)C)cc5c5cc(CC(C)(C)C)ccc54)ccc1B3c1ccc(-n3c4ccc(CC(C)(C)C)cc4c4cc(CC(C)(C)C)ccc43)cc1N2c1c(-c2cccc(C(C)(C)C)c2)cc(C(C)(C)C)cc1-c1cccc(C(C)(C)C)c1)C(C)(C)C. The maximum Gasteiger partial charge on any atom is 0.252 e. The highest BCUT2D eigenvalue weighted by molar-refractivity contribution is 7.00. The van der Waals surface area contributed by atoms with Gasteiger partial charge in [-0.2, -0.15) is 0 Å². The third kappa shape index (κ3) is 18.5. The average molecular weight is 1740 g/mol. The molecule has 0 amide bonds. The summed E-state index contributed by atoms with van der Waals surface area (Å²) in [6.45, 7) is 76.5. The lowest BCUT2D eigenvalue weighted by Gasteiger charge is -2.46. The number of rotatable bonds is 13. The lowest BCUT2D eigenvalue weighted by Crippen LogP contribution is -2.61. The molecule has 0 saturated carbocycles. The van der Waals surface area contributed by atoms with E-state index >= 15 is 0 Å². The van der Waals surface area contributed by atoms with Gasteiger partial charge < -0.3 is 18.9 Å². The molecule has 17 rings (SSSR count). The van der Waals surface area contributed by atoms with E-state index in [-0.39, 0.29) is 54.1 Å². The van der Waals surface area contributed by atoms with Gasteiger partial charge in [0, 0.05) is 80.7 Å². The lowest BCUT2D eigenvalue weighted by molar-refractivity contribution is 0.411. The fraction of sp³-hybridized carbons (Fsp3) is 0.386. The topological polar surface area (TPSA) is 16.3 Å². The molecule has 0 atom stereocenters. The van der Waals surface area contributed by atoms with Gasteiger partial charge >= 0.3 is 0 Å². The molecule has 0 bridgehead atoms. The molecule has 2 aromatic heterocycles. The second kappa shape index (κ2) is 32.5. The highest BCUT2D eigenvalue weighted by atomic mass is 15.2. The summed E-state index contributed by atoms with van der Waals surface area (Å²) >= 11 is 0. The van der Waals surface area contributed by atoms with E-state index in [0.717, 1.165) is 154 Å². The van der Waals surface area contributed by atoms with Crippen LogP contribution in [0.15, 0.2) is 243 Å². The fourth-order valence-corrected chi connectivity index (χ4v) is 21.0. The Labute approximate surface area is 797 Å². The van der Waals surface area contributed by atoms with Crippen LogP contribution in [0.4, 0.5) is 34.1 Å². The molecule has 2 aliphatic heterocycles. The first-order chi connectivity index (χ1) is 62.0. The van der Waals surface area contributed by atoms with Crippen molar-refractivity contribution in [1.82, 2.24) is 9.13 Å². The fourth-order valence-electron chi connectivity index (χ4n) is 21.0. The molecule has 0 radical (unpaired) electrons. The van der Waals surface area contributed by atoms with Gasteiger partial charge in [-0.25, -0.2) is 0 Å². The van der Waals surface area contributed by atoms with Crippen LogP contribution < -0.4 is 26.2 Å². The Morgan fingerprint density at radius 2 is 0.492 bits per heavy atom. The van der Waals surface area contributed by atoms with Crippen LogP contribution in [-0.4, -0.2) is 15.8 Å². The second-order valence-electron chi connectivity index (χ2n) is 51.6. The molecule has 4 heterocycles. The predicted octanol–water partition coefficient (Wildman–Crippen LogP) is 34.4. The average Bonchev–Trinajstić information content (AvgIpc) is 0.778. The van der Waals surface area contributed by atoms with Gasteiger partial charge in [0.2, 0.25) is 0 Å². The van der Waals surface area contributed by atoms with E-state index in [2.05, 4.69) is 490 Å². The molecule has 0 N–H and O–H groups in total. The molecule has 13 aromatic carbocycles. The Balaban J connectivity index is 1.12. The van der Waals surface area contributed by atoms with Crippen molar-refractivity contribution in [3.05, 3.63) is 304 Å². The van der Waals surface area contributed by atoms with Gasteiger partial charge in [0.1, 0.15) is 0 Å². The number of fused-ring (bicyclic) bond motifs is 10. The van der Waals surface area contributed by atoms with E-state index in [1.165, 1.54) is 77.2 Å². The van der Waals surface area contributed by atoms with Gasteiger partial charge in [0.15, 0.2) is 0 Å². The van der Waals surface area contributed by atoms with Gasteiger partial charge in [0.25, 0.3) is 6.71 Å². The van der Waals surface area contributed by atoms with Crippen LogP contribution in [0, 0.1) is 27.1 Å². The van der Waals surface area contributed by atoms with Crippen molar-refractivity contribution in [3.8, 4) is 55.9 Å². The highest BCUT2D eigenvalue weighted by Gasteiger charge is 2.47.